The van der Waals surface area contributed by atoms with Crippen LogP contribution < -0.4 is 14.9 Å². The molecule has 8 heteroatoms. The highest BCUT2D eigenvalue weighted by molar-refractivity contribution is 7.10. The molecule has 182 valence electrons. The van der Waals surface area contributed by atoms with Crippen molar-refractivity contribution in [2.24, 2.45) is 4.99 Å². The van der Waals surface area contributed by atoms with Crippen LogP contribution in [0.4, 0.5) is 0 Å². The zero-order chi connectivity index (χ0) is 25.1. The third-order valence-corrected chi connectivity index (χ3v) is 9.24. The molecule has 3 aromatic heterocycles. The molecule has 0 saturated carbocycles. The fourth-order valence-corrected chi connectivity index (χ4v) is 7.44. The van der Waals surface area contributed by atoms with Gasteiger partial charge in [0.05, 0.1) is 21.3 Å². The summed E-state index contributed by atoms with van der Waals surface area (Å²) in [6.45, 7) is 0. The molecule has 1 atom stereocenters. The zero-order valence-corrected chi connectivity index (χ0v) is 22.4. The van der Waals surface area contributed by atoms with E-state index >= 15 is 0 Å². The molecule has 0 unspecified atom stereocenters. The standard InChI is InChI=1S/C29H18Cl2N2O2S2/c30-17-8-11-20(22(31)14-17)23-12-9-18(35-23)15-25-28(34)33-27(24-6-3-13-36-24)21-10-7-16-4-1-2-5-19(16)26(21)32-29(33)37-25/h1-6,8-9,11-15,27H,7,10H2/b25-15+/t27-/m1/s1. The molecule has 4 heterocycles. The Balaban J connectivity index is 1.38. The Kier molecular flexibility index (Phi) is 5.59. The molecule has 1 aliphatic carbocycles. The van der Waals surface area contributed by atoms with Gasteiger partial charge in [-0.3, -0.25) is 9.36 Å². The van der Waals surface area contributed by atoms with Crippen molar-refractivity contribution in [3.63, 3.8) is 0 Å². The molecule has 0 saturated heterocycles. The Bertz CT molecular complexity index is 1890. The average molecular weight is 562 g/mol. The van der Waals surface area contributed by atoms with Crippen molar-refractivity contribution < 1.29 is 4.42 Å². The minimum atomic E-state index is -0.151. The summed E-state index contributed by atoms with van der Waals surface area (Å²) in [7, 11) is 0. The van der Waals surface area contributed by atoms with Gasteiger partial charge in [-0.15, -0.1) is 11.3 Å². The van der Waals surface area contributed by atoms with Gasteiger partial charge in [0.25, 0.3) is 5.56 Å². The zero-order valence-electron chi connectivity index (χ0n) is 19.3. The van der Waals surface area contributed by atoms with Gasteiger partial charge in [0.15, 0.2) is 4.80 Å². The summed E-state index contributed by atoms with van der Waals surface area (Å²) in [5.41, 5.74) is 5.37. The molecule has 0 bridgehead atoms. The summed E-state index contributed by atoms with van der Waals surface area (Å²) in [6, 6.07) is 21.4. The van der Waals surface area contributed by atoms with Gasteiger partial charge in [-0.1, -0.05) is 64.9 Å². The Hall–Kier alpha value is -3.16. The molecule has 0 spiro atoms. The summed E-state index contributed by atoms with van der Waals surface area (Å²) in [5, 5.41) is 3.14. The molecule has 2 aliphatic rings. The summed E-state index contributed by atoms with van der Waals surface area (Å²) in [4.78, 5) is 20.7. The van der Waals surface area contributed by atoms with E-state index in [9.17, 15) is 4.79 Å². The van der Waals surface area contributed by atoms with E-state index in [4.69, 9.17) is 32.6 Å². The number of benzene rings is 2. The number of rotatable bonds is 3. The average Bonchev–Trinajstić information content (AvgIpc) is 3.65. The van der Waals surface area contributed by atoms with Crippen molar-refractivity contribution in [3.05, 3.63) is 129 Å². The third kappa shape index (κ3) is 3.87. The van der Waals surface area contributed by atoms with Gasteiger partial charge in [-0.2, -0.15) is 0 Å². The molecule has 37 heavy (non-hydrogen) atoms. The van der Waals surface area contributed by atoms with Gasteiger partial charge < -0.3 is 4.42 Å². The minimum absolute atomic E-state index is 0.0602. The second-order valence-corrected chi connectivity index (χ2v) is 11.8. The molecule has 2 aromatic carbocycles. The lowest BCUT2D eigenvalue weighted by atomic mass is 9.85. The van der Waals surface area contributed by atoms with Gasteiger partial charge in [0.1, 0.15) is 11.5 Å². The Morgan fingerprint density at radius 1 is 1.00 bits per heavy atom. The van der Waals surface area contributed by atoms with E-state index in [0.29, 0.717) is 30.9 Å². The highest BCUT2D eigenvalue weighted by atomic mass is 35.5. The minimum Gasteiger partial charge on any atom is -0.457 e. The van der Waals surface area contributed by atoms with E-state index in [1.165, 1.54) is 28.0 Å². The second kappa shape index (κ2) is 8.99. The number of hydrogen-bond donors (Lipinski definition) is 0. The summed E-state index contributed by atoms with van der Waals surface area (Å²) < 4.78 is 8.49. The molecular formula is C29H18Cl2N2O2S2. The third-order valence-electron chi connectivity index (χ3n) is 6.78. The van der Waals surface area contributed by atoms with Crippen LogP contribution in [0.25, 0.3) is 23.1 Å². The molecule has 1 aliphatic heterocycles. The van der Waals surface area contributed by atoms with E-state index in [2.05, 4.69) is 35.7 Å². The molecule has 5 aromatic rings. The van der Waals surface area contributed by atoms with Crippen LogP contribution in [0.3, 0.4) is 0 Å². The van der Waals surface area contributed by atoms with E-state index < -0.39 is 0 Å². The maximum Gasteiger partial charge on any atom is 0.271 e. The quantitative estimate of drug-likeness (QED) is 0.240. The molecule has 0 N–H and O–H groups in total. The summed E-state index contributed by atoms with van der Waals surface area (Å²) >= 11 is 15.5. The number of furan rings is 1. The van der Waals surface area contributed by atoms with Crippen molar-refractivity contribution in [2.75, 3.05) is 0 Å². The number of allylic oxidation sites excluding steroid dienone is 1. The molecule has 0 amide bonds. The molecule has 4 nitrogen and oxygen atoms in total. The lowest BCUT2D eigenvalue weighted by molar-refractivity contribution is 0.571. The first kappa shape index (κ1) is 23.0. The Morgan fingerprint density at radius 2 is 1.89 bits per heavy atom. The first-order valence-corrected chi connectivity index (χ1v) is 14.2. The van der Waals surface area contributed by atoms with Gasteiger partial charge in [0, 0.05) is 27.1 Å². The van der Waals surface area contributed by atoms with Gasteiger partial charge in [-0.05, 0) is 65.8 Å². The number of aromatic nitrogens is 1. The number of thiazole rings is 1. The van der Waals surface area contributed by atoms with Crippen molar-refractivity contribution in [2.45, 2.75) is 18.9 Å². The lowest BCUT2D eigenvalue weighted by Crippen LogP contribution is -2.38. The van der Waals surface area contributed by atoms with Crippen molar-refractivity contribution in [3.8, 4) is 11.3 Å². The van der Waals surface area contributed by atoms with Crippen LogP contribution >= 0.6 is 45.9 Å². The predicted octanol–water partition coefficient (Wildman–Crippen LogP) is 6.95. The fourth-order valence-electron chi connectivity index (χ4n) is 5.11. The van der Waals surface area contributed by atoms with E-state index in [0.717, 1.165) is 29.0 Å². The largest absolute Gasteiger partial charge is 0.457 e. The monoisotopic (exact) mass is 560 g/mol. The van der Waals surface area contributed by atoms with Crippen LogP contribution in [0.1, 0.15) is 34.2 Å². The highest BCUT2D eigenvalue weighted by Gasteiger charge is 2.33. The number of halogens is 2. The highest BCUT2D eigenvalue weighted by Crippen LogP contribution is 2.42. The Morgan fingerprint density at radius 3 is 2.73 bits per heavy atom. The van der Waals surface area contributed by atoms with Crippen molar-refractivity contribution in [1.82, 2.24) is 4.57 Å². The number of thiophene rings is 1. The van der Waals surface area contributed by atoms with Crippen LogP contribution in [0, 0.1) is 0 Å². The number of aryl methyl sites for hydroxylation is 1. The normalized spacial score (nSPS) is 16.8. The molecular weight excluding hydrogens is 543 g/mol. The Labute approximate surface area is 230 Å². The second-order valence-electron chi connectivity index (χ2n) is 8.96. The van der Waals surface area contributed by atoms with Gasteiger partial charge >= 0.3 is 0 Å². The number of fused-ring (bicyclic) bond motifs is 3. The summed E-state index contributed by atoms with van der Waals surface area (Å²) in [5.74, 6) is 1.19. The smallest absolute Gasteiger partial charge is 0.271 e. The van der Waals surface area contributed by atoms with Gasteiger partial charge in [-0.25, -0.2) is 4.99 Å². The first-order valence-electron chi connectivity index (χ1n) is 11.8. The molecule has 7 rings (SSSR count). The number of nitrogens with zero attached hydrogens (tertiary/aromatic N) is 2. The van der Waals surface area contributed by atoms with Crippen LogP contribution in [0.5, 0.6) is 0 Å². The topological polar surface area (TPSA) is 47.5 Å². The molecule has 0 fully saturated rings. The van der Waals surface area contributed by atoms with Crippen LogP contribution in [-0.4, -0.2) is 4.57 Å². The molecule has 0 radical (unpaired) electrons. The van der Waals surface area contributed by atoms with Crippen LogP contribution in [-0.2, 0) is 6.42 Å². The first-order chi connectivity index (χ1) is 18.1. The SMILES string of the molecule is O=c1/c(=C\c2ccc(-c3ccc(Cl)cc3Cl)o2)sc2n1[C@@H](c1cccs1)C1=C(N=2)c2ccccc2CC1. The maximum atomic E-state index is 13.8. The van der Waals surface area contributed by atoms with Crippen LogP contribution in [0.2, 0.25) is 10.0 Å². The number of hydrogen-bond acceptors (Lipinski definition) is 5. The van der Waals surface area contributed by atoms with E-state index in [1.54, 1.807) is 29.5 Å². The van der Waals surface area contributed by atoms with E-state index in [-0.39, 0.29) is 11.6 Å². The van der Waals surface area contributed by atoms with Crippen molar-refractivity contribution >= 4 is 57.6 Å². The fraction of sp³-hybridized carbons (Fsp3) is 0.103. The van der Waals surface area contributed by atoms with Crippen molar-refractivity contribution in [1.29, 1.82) is 0 Å². The maximum absolute atomic E-state index is 13.8. The lowest BCUT2D eigenvalue weighted by Gasteiger charge is -2.30. The summed E-state index contributed by atoms with van der Waals surface area (Å²) in [6.07, 6.45) is 3.62. The van der Waals surface area contributed by atoms with Gasteiger partial charge in [0.2, 0.25) is 0 Å². The van der Waals surface area contributed by atoms with E-state index in [1.807, 2.05) is 28.8 Å². The predicted molar refractivity (Wildman–Crippen MR) is 151 cm³/mol. The van der Waals surface area contributed by atoms with Crippen LogP contribution in [0.15, 0.2) is 91.9 Å².